The van der Waals surface area contributed by atoms with Crippen LogP contribution in [0.2, 0.25) is 0 Å². The zero-order valence-corrected chi connectivity index (χ0v) is 13.2. The van der Waals surface area contributed by atoms with Crippen molar-refractivity contribution >= 4 is 0 Å². The van der Waals surface area contributed by atoms with E-state index in [9.17, 15) is 0 Å². The normalized spacial score (nSPS) is 12.8. The fourth-order valence-corrected chi connectivity index (χ4v) is 2.50. The summed E-state index contributed by atoms with van der Waals surface area (Å²) < 4.78 is 5.67. The Bertz CT molecular complexity index is 145. The van der Waals surface area contributed by atoms with Crippen LogP contribution in [0.4, 0.5) is 0 Å². The molecule has 0 spiro atoms. The lowest BCUT2D eigenvalue weighted by Crippen LogP contribution is -2.11. The lowest BCUT2D eigenvalue weighted by molar-refractivity contribution is 0.0523. The standard InChI is InChI=1S/C17H36O/c1-4-7-8-9-10-11-12-13-14-15-16-17(5-2)18-6-3/h17H,4-16H2,1-3H3. The molecule has 0 aliphatic carbocycles. The highest BCUT2D eigenvalue weighted by Crippen LogP contribution is 2.13. The van der Waals surface area contributed by atoms with Crippen molar-refractivity contribution in [3.63, 3.8) is 0 Å². The minimum atomic E-state index is 0.518. The molecule has 0 bridgehead atoms. The first-order chi connectivity index (χ1) is 8.85. The van der Waals surface area contributed by atoms with Crippen LogP contribution in [0.1, 0.15) is 97.8 Å². The summed E-state index contributed by atoms with van der Waals surface area (Å²) in [6, 6.07) is 0. The van der Waals surface area contributed by atoms with E-state index >= 15 is 0 Å². The first-order valence-electron chi connectivity index (χ1n) is 8.46. The molecule has 0 aromatic carbocycles. The Morgan fingerprint density at radius 2 is 1.17 bits per heavy atom. The highest BCUT2D eigenvalue weighted by Gasteiger charge is 2.04. The van der Waals surface area contributed by atoms with Gasteiger partial charge >= 0.3 is 0 Å². The average molecular weight is 256 g/mol. The lowest BCUT2D eigenvalue weighted by atomic mass is 10.0. The van der Waals surface area contributed by atoms with Crippen molar-refractivity contribution in [3.05, 3.63) is 0 Å². The van der Waals surface area contributed by atoms with Crippen LogP contribution < -0.4 is 0 Å². The largest absolute Gasteiger partial charge is 0.379 e. The average Bonchev–Trinajstić information content (AvgIpc) is 2.39. The first kappa shape index (κ1) is 18.0. The van der Waals surface area contributed by atoms with Crippen molar-refractivity contribution in [2.75, 3.05) is 6.61 Å². The minimum Gasteiger partial charge on any atom is -0.379 e. The molecular formula is C17H36O. The smallest absolute Gasteiger partial charge is 0.0572 e. The fourth-order valence-electron chi connectivity index (χ4n) is 2.50. The highest BCUT2D eigenvalue weighted by atomic mass is 16.5. The van der Waals surface area contributed by atoms with Gasteiger partial charge in [0.15, 0.2) is 0 Å². The van der Waals surface area contributed by atoms with Crippen LogP contribution in [0, 0.1) is 0 Å². The third-order valence-electron chi connectivity index (χ3n) is 3.74. The van der Waals surface area contributed by atoms with Gasteiger partial charge in [-0.1, -0.05) is 78.1 Å². The second-order valence-electron chi connectivity index (χ2n) is 5.46. The second kappa shape index (κ2) is 15.0. The molecule has 1 atom stereocenters. The lowest BCUT2D eigenvalue weighted by Gasteiger charge is -2.14. The molecule has 0 heterocycles. The molecule has 1 unspecified atom stereocenters. The fraction of sp³-hybridized carbons (Fsp3) is 1.00. The summed E-state index contributed by atoms with van der Waals surface area (Å²) in [5.41, 5.74) is 0. The number of hydrogen-bond donors (Lipinski definition) is 0. The van der Waals surface area contributed by atoms with Gasteiger partial charge < -0.3 is 4.74 Å². The molecule has 0 amide bonds. The van der Waals surface area contributed by atoms with Gasteiger partial charge in [0.2, 0.25) is 0 Å². The molecule has 0 saturated carbocycles. The Morgan fingerprint density at radius 1 is 0.667 bits per heavy atom. The Morgan fingerprint density at radius 3 is 1.61 bits per heavy atom. The van der Waals surface area contributed by atoms with Gasteiger partial charge in [-0.05, 0) is 19.8 Å². The molecule has 0 aliphatic heterocycles. The van der Waals surface area contributed by atoms with Crippen LogP contribution in [0.3, 0.4) is 0 Å². The van der Waals surface area contributed by atoms with Gasteiger partial charge in [-0.3, -0.25) is 0 Å². The summed E-state index contributed by atoms with van der Waals surface area (Å²) in [7, 11) is 0. The van der Waals surface area contributed by atoms with Crippen molar-refractivity contribution in [2.24, 2.45) is 0 Å². The molecule has 0 saturated heterocycles. The van der Waals surface area contributed by atoms with Gasteiger partial charge in [-0.25, -0.2) is 0 Å². The molecular weight excluding hydrogens is 220 g/mol. The quantitative estimate of drug-likeness (QED) is 0.341. The molecule has 0 aliphatic rings. The van der Waals surface area contributed by atoms with E-state index in [4.69, 9.17) is 4.74 Å². The second-order valence-corrected chi connectivity index (χ2v) is 5.46. The van der Waals surface area contributed by atoms with Crippen LogP contribution in [0.5, 0.6) is 0 Å². The SMILES string of the molecule is CCCCCCCCCCCCC(CC)OCC. The highest BCUT2D eigenvalue weighted by molar-refractivity contribution is 4.56. The van der Waals surface area contributed by atoms with E-state index in [-0.39, 0.29) is 0 Å². The van der Waals surface area contributed by atoms with E-state index in [1.807, 2.05) is 0 Å². The van der Waals surface area contributed by atoms with Crippen molar-refractivity contribution in [3.8, 4) is 0 Å². The van der Waals surface area contributed by atoms with Gasteiger partial charge in [-0.15, -0.1) is 0 Å². The number of ether oxygens (including phenoxy) is 1. The molecule has 0 rings (SSSR count). The van der Waals surface area contributed by atoms with Crippen LogP contribution in [-0.4, -0.2) is 12.7 Å². The zero-order valence-electron chi connectivity index (χ0n) is 13.2. The Labute approximate surface area is 116 Å². The maximum Gasteiger partial charge on any atom is 0.0572 e. The summed E-state index contributed by atoms with van der Waals surface area (Å²) in [6.07, 6.45) is 17.2. The maximum atomic E-state index is 5.67. The molecule has 0 aromatic rings. The van der Waals surface area contributed by atoms with Crippen LogP contribution in [0.25, 0.3) is 0 Å². The Kier molecular flexibility index (Phi) is 15.0. The van der Waals surface area contributed by atoms with Crippen LogP contribution in [0.15, 0.2) is 0 Å². The first-order valence-corrected chi connectivity index (χ1v) is 8.46. The number of rotatable bonds is 14. The van der Waals surface area contributed by atoms with Crippen molar-refractivity contribution in [1.82, 2.24) is 0 Å². The summed E-state index contributed by atoms with van der Waals surface area (Å²) >= 11 is 0. The third kappa shape index (κ3) is 12.4. The summed E-state index contributed by atoms with van der Waals surface area (Å²) in [5.74, 6) is 0. The molecule has 0 N–H and O–H groups in total. The zero-order chi connectivity index (χ0) is 13.5. The van der Waals surface area contributed by atoms with E-state index in [0.29, 0.717) is 6.10 Å². The van der Waals surface area contributed by atoms with Gasteiger partial charge in [0.25, 0.3) is 0 Å². The molecule has 110 valence electrons. The van der Waals surface area contributed by atoms with Crippen molar-refractivity contribution in [1.29, 1.82) is 0 Å². The van der Waals surface area contributed by atoms with E-state index in [0.717, 1.165) is 6.61 Å². The van der Waals surface area contributed by atoms with Crippen molar-refractivity contribution in [2.45, 2.75) is 104 Å². The molecule has 0 radical (unpaired) electrons. The van der Waals surface area contributed by atoms with E-state index < -0.39 is 0 Å². The van der Waals surface area contributed by atoms with Gasteiger partial charge in [0.05, 0.1) is 6.10 Å². The third-order valence-corrected chi connectivity index (χ3v) is 3.74. The Hall–Kier alpha value is -0.0400. The number of hydrogen-bond acceptors (Lipinski definition) is 1. The molecule has 18 heavy (non-hydrogen) atoms. The van der Waals surface area contributed by atoms with Crippen LogP contribution >= 0.6 is 0 Å². The Balaban J connectivity index is 3.10. The molecule has 0 aromatic heterocycles. The summed E-state index contributed by atoms with van der Waals surface area (Å²) in [4.78, 5) is 0. The predicted molar refractivity (Wildman–Crippen MR) is 82.2 cm³/mol. The van der Waals surface area contributed by atoms with Crippen molar-refractivity contribution < 1.29 is 4.74 Å². The summed E-state index contributed by atoms with van der Waals surface area (Å²) in [6.45, 7) is 7.49. The van der Waals surface area contributed by atoms with Gasteiger partial charge in [0.1, 0.15) is 0 Å². The maximum absolute atomic E-state index is 5.67. The van der Waals surface area contributed by atoms with E-state index in [2.05, 4.69) is 20.8 Å². The predicted octanol–water partition coefficient (Wildman–Crippen LogP) is 6.11. The molecule has 0 fully saturated rings. The van der Waals surface area contributed by atoms with E-state index in [1.165, 1.54) is 77.0 Å². The molecule has 1 nitrogen and oxygen atoms in total. The topological polar surface area (TPSA) is 9.23 Å². The minimum absolute atomic E-state index is 0.518. The number of unbranched alkanes of at least 4 members (excludes halogenated alkanes) is 9. The monoisotopic (exact) mass is 256 g/mol. The summed E-state index contributed by atoms with van der Waals surface area (Å²) in [5, 5.41) is 0. The molecule has 1 heteroatoms. The van der Waals surface area contributed by atoms with E-state index in [1.54, 1.807) is 0 Å². The van der Waals surface area contributed by atoms with Crippen LogP contribution in [-0.2, 0) is 4.74 Å². The van der Waals surface area contributed by atoms with Gasteiger partial charge in [-0.2, -0.15) is 0 Å². The van der Waals surface area contributed by atoms with Gasteiger partial charge in [0, 0.05) is 6.61 Å².